The van der Waals surface area contributed by atoms with Crippen molar-refractivity contribution in [2.45, 2.75) is 12.7 Å². The lowest BCUT2D eigenvalue weighted by atomic mass is 10.1. The Kier molecular flexibility index (Phi) is 4.13. The van der Waals surface area contributed by atoms with Crippen LogP contribution in [0.5, 0.6) is 0 Å². The highest BCUT2D eigenvalue weighted by molar-refractivity contribution is 7.80. The van der Waals surface area contributed by atoms with Gasteiger partial charge < -0.3 is 5.73 Å². The van der Waals surface area contributed by atoms with Crippen LogP contribution in [0.3, 0.4) is 0 Å². The summed E-state index contributed by atoms with van der Waals surface area (Å²) in [5, 5.41) is 0. The summed E-state index contributed by atoms with van der Waals surface area (Å²) < 4.78 is 39.4. The van der Waals surface area contributed by atoms with Crippen molar-refractivity contribution in [2.75, 3.05) is 0 Å². The normalized spacial score (nSPS) is 11.4. The number of benzene rings is 1. The first-order valence-corrected chi connectivity index (χ1v) is 6.35. The van der Waals surface area contributed by atoms with Crippen LogP contribution in [0, 0.1) is 0 Å². The molecule has 0 aliphatic carbocycles. The topological polar surface area (TPSA) is 48.0 Å². The lowest BCUT2D eigenvalue weighted by molar-refractivity contribution is -0.144. The number of aromatic nitrogens is 1. The first kappa shape index (κ1) is 15.2. The number of halogens is 3. The molecule has 0 atom stereocenters. The standard InChI is InChI=1S/C14H11F3N2OS/c15-14(16,17)11-2-1-3-12(20)19(11)8-9-4-6-10(7-5-9)13(18)21/h1-7H,8H2,(H2,18,21). The quantitative estimate of drug-likeness (QED) is 0.886. The zero-order chi connectivity index (χ0) is 15.6. The van der Waals surface area contributed by atoms with Gasteiger partial charge in [0, 0.05) is 11.6 Å². The van der Waals surface area contributed by atoms with E-state index < -0.39 is 17.4 Å². The van der Waals surface area contributed by atoms with E-state index in [1.165, 1.54) is 0 Å². The molecule has 0 spiro atoms. The van der Waals surface area contributed by atoms with E-state index in [0.29, 0.717) is 15.7 Å². The number of thiocarbonyl (C=S) groups is 1. The van der Waals surface area contributed by atoms with E-state index in [-0.39, 0.29) is 11.5 Å². The molecule has 1 aromatic carbocycles. The molecule has 0 amide bonds. The largest absolute Gasteiger partial charge is 0.431 e. The summed E-state index contributed by atoms with van der Waals surface area (Å²) in [5.41, 5.74) is 4.93. The third kappa shape index (κ3) is 3.49. The Hall–Kier alpha value is -2.15. The van der Waals surface area contributed by atoms with Crippen molar-refractivity contribution in [3.05, 3.63) is 69.6 Å². The molecule has 21 heavy (non-hydrogen) atoms. The molecule has 0 fully saturated rings. The van der Waals surface area contributed by atoms with Crippen LogP contribution in [-0.2, 0) is 12.7 Å². The van der Waals surface area contributed by atoms with Crippen molar-refractivity contribution in [3.8, 4) is 0 Å². The number of nitrogens with two attached hydrogens (primary N) is 1. The fraction of sp³-hybridized carbons (Fsp3) is 0.143. The van der Waals surface area contributed by atoms with Gasteiger partial charge in [-0.25, -0.2) is 0 Å². The van der Waals surface area contributed by atoms with Crippen LogP contribution >= 0.6 is 12.2 Å². The summed E-state index contributed by atoms with van der Waals surface area (Å²) in [5.74, 6) is 0. The Labute approximate surface area is 123 Å². The Bertz CT molecular complexity index is 720. The summed E-state index contributed by atoms with van der Waals surface area (Å²) in [4.78, 5) is 11.9. The summed E-state index contributed by atoms with van der Waals surface area (Å²) in [6.07, 6.45) is -4.58. The maximum Gasteiger partial charge on any atom is 0.431 e. The van der Waals surface area contributed by atoms with Crippen LogP contribution in [-0.4, -0.2) is 9.56 Å². The van der Waals surface area contributed by atoms with E-state index in [9.17, 15) is 18.0 Å². The van der Waals surface area contributed by atoms with Gasteiger partial charge in [-0.3, -0.25) is 9.36 Å². The van der Waals surface area contributed by atoms with E-state index in [4.69, 9.17) is 18.0 Å². The van der Waals surface area contributed by atoms with Crippen LogP contribution in [0.15, 0.2) is 47.3 Å². The molecule has 3 nitrogen and oxygen atoms in total. The van der Waals surface area contributed by atoms with Crippen LogP contribution in [0.25, 0.3) is 0 Å². The lowest BCUT2D eigenvalue weighted by Crippen LogP contribution is -2.27. The van der Waals surface area contributed by atoms with Gasteiger partial charge in [0.05, 0.1) is 6.54 Å². The summed E-state index contributed by atoms with van der Waals surface area (Å²) in [6.45, 7) is -0.174. The third-order valence-electron chi connectivity index (χ3n) is 2.92. The number of pyridine rings is 1. The summed E-state index contributed by atoms with van der Waals surface area (Å²) in [6, 6.07) is 9.47. The zero-order valence-corrected chi connectivity index (χ0v) is 11.5. The molecule has 0 radical (unpaired) electrons. The van der Waals surface area contributed by atoms with E-state index in [0.717, 1.165) is 18.2 Å². The molecule has 1 aromatic heterocycles. The van der Waals surface area contributed by atoms with Crippen LogP contribution in [0.2, 0.25) is 0 Å². The minimum Gasteiger partial charge on any atom is -0.389 e. The predicted molar refractivity (Wildman–Crippen MR) is 77.1 cm³/mol. The van der Waals surface area contributed by atoms with Gasteiger partial charge >= 0.3 is 6.18 Å². The van der Waals surface area contributed by atoms with Crippen LogP contribution in [0.1, 0.15) is 16.8 Å². The Morgan fingerprint density at radius 3 is 2.29 bits per heavy atom. The number of hydrogen-bond acceptors (Lipinski definition) is 2. The first-order chi connectivity index (χ1) is 9.79. The molecule has 0 aliphatic heterocycles. The van der Waals surface area contributed by atoms with Crippen molar-refractivity contribution in [1.82, 2.24) is 4.57 Å². The maximum atomic E-state index is 12.9. The zero-order valence-electron chi connectivity index (χ0n) is 10.7. The van der Waals surface area contributed by atoms with Crippen LogP contribution < -0.4 is 11.3 Å². The van der Waals surface area contributed by atoms with E-state index in [1.807, 2.05) is 0 Å². The molecule has 0 unspecified atom stereocenters. The smallest absolute Gasteiger partial charge is 0.389 e. The van der Waals surface area contributed by atoms with Crippen molar-refractivity contribution in [2.24, 2.45) is 5.73 Å². The highest BCUT2D eigenvalue weighted by Crippen LogP contribution is 2.28. The number of nitrogens with zero attached hydrogens (tertiary/aromatic N) is 1. The minimum atomic E-state index is -4.58. The Morgan fingerprint density at radius 2 is 1.76 bits per heavy atom. The molecule has 0 aliphatic rings. The molecule has 2 aromatic rings. The van der Waals surface area contributed by atoms with Gasteiger partial charge in [-0.05, 0) is 11.6 Å². The fourth-order valence-electron chi connectivity index (χ4n) is 1.89. The average Bonchev–Trinajstić information content (AvgIpc) is 2.40. The molecule has 2 rings (SSSR count). The van der Waals surface area contributed by atoms with Crippen molar-refractivity contribution in [1.29, 1.82) is 0 Å². The summed E-state index contributed by atoms with van der Waals surface area (Å²) in [7, 11) is 0. The second kappa shape index (κ2) is 5.69. The fourth-order valence-corrected chi connectivity index (χ4v) is 2.02. The highest BCUT2D eigenvalue weighted by atomic mass is 32.1. The number of hydrogen-bond donors (Lipinski definition) is 1. The average molecular weight is 312 g/mol. The molecule has 2 N–H and O–H groups in total. The van der Waals surface area contributed by atoms with Gasteiger partial charge in [-0.2, -0.15) is 13.2 Å². The van der Waals surface area contributed by atoms with Gasteiger partial charge in [0.2, 0.25) is 0 Å². The molecule has 0 bridgehead atoms. The molecular formula is C14H11F3N2OS. The van der Waals surface area contributed by atoms with Crippen molar-refractivity contribution >= 4 is 17.2 Å². The highest BCUT2D eigenvalue weighted by Gasteiger charge is 2.34. The van der Waals surface area contributed by atoms with Gasteiger partial charge in [0.1, 0.15) is 10.7 Å². The monoisotopic (exact) mass is 312 g/mol. The molecule has 0 saturated heterocycles. The Morgan fingerprint density at radius 1 is 1.14 bits per heavy atom. The molecule has 7 heteroatoms. The predicted octanol–water partition coefficient (Wildman–Crippen LogP) is 2.55. The van der Waals surface area contributed by atoms with E-state index >= 15 is 0 Å². The molecule has 110 valence electrons. The van der Waals surface area contributed by atoms with Crippen LogP contribution in [0.4, 0.5) is 13.2 Å². The molecule has 1 heterocycles. The van der Waals surface area contributed by atoms with E-state index in [1.54, 1.807) is 24.3 Å². The van der Waals surface area contributed by atoms with Crippen molar-refractivity contribution < 1.29 is 13.2 Å². The second-order valence-corrected chi connectivity index (χ2v) is 4.83. The second-order valence-electron chi connectivity index (χ2n) is 4.39. The number of alkyl halides is 3. The van der Waals surface area contributed by atoms with E-state index in [2.05, 4.69) is 0 Å². The molecular weight excluding hydrogens is 301 g/mol. The first-order valence-electron chi connectivity index (χ1n) is 5.95. The van der Waals surface area contributed by atoms with Crippen molar-refractivity contribution in [3.63, 3.8) is 0 Å². The lowest BCUT2D eigenvalue weighted by Gasteiger charge is -2.15. The number of rotatable bonds is 3. The minimum absolute atomic E-state index is 0.174. The van der Waals surface area contributed by atoms with Gasteiger partial charge in [0.15, 0.2) is 0 Å². The van der Waals surface area contributed by atoms with Gasteiger partial charge in [-0.15, -0.1) is 0 Å². The molecule has 0 saturated carbocycles. The maximum absolute atomic E-state index is 12.9. The Balaban J connectivity index is 2.40. The SMILES string of the molecule is NC(=S)c1ccc(Cn2c(C(F)(F)F)cccc2=O)cc1. The van der Waals surface area contributed by atoms with Gasteiger partial charge in [0.25, 0.3) is 5.56 Å². The van der Waals surface area contributed by atoms with Gasteiger partial charge in [-0.1, -0.05) is 42.5 Å². The summed E-state index contributed by atoms with van der Waals surface area (Å²) >= 11 is 4.80. The third-order valence-corrected chi connectivity index (χ3v) is 3.16.